The molecule has 0 bridgehead atoms. The molecule has 0 saturated carbocycles. The van der Waals surface area contributed by atoms with Crippen LogP contribution in [-0.4, -0.2) is 67.1 Å². The van der Waals surface area contributed by atoms with Gasteiger partial charge in [-0.15, -0.1) is 0 Å². The Morgan fingerprint density at radius 3 is 2.74 bits per heavy atom. The Kier molecular flexibility index (Phi) is 6.29. The van der Waals surface area contributed by atoms with E-state index >= 15 is 0 Å². The fraction of sp³-hybridized carbons (Fsp3) is 0.263. The molecule has 0 aliphatic carbocycles. The van der Waals surface area contributed by atoms with Crippen LogP contribution in [0.4, 0.5) is 16.0 Å². The maximum absolute atomic E-state index is 14.0. The van der Waals surface area contributed by atoms with E-state index in [2.05, 4.69) is 20.3 Å². The van der Waals surface area contributed by atoms with E-state index in [1.807, 2.05) is 4.90 Å². The van der Waals surface area contributed by atoms with E-state index in [4.69, 9.17) is 3.07 Å². The van der Waals surface area contributed by atoms with E-state index in [1.54, 1.807) is 0 Å². The van der Waals surface area contributed by atoms with Crippen LogP contribution >= 0.6 is 0 Å². The average Bonchev–Trinajstić information content (AvgIpc) is 2.76. The number of aromatic nitrogens is 3. The standard InChI is InChI=1S/C19H18FIN5O5/c20-11-5-10(6-12(28)7-11)15-17-16(25-19(24-15)26-2-4-31-21-9-26)13(22-1-3-27)8-14(23-17)18(29)30/h5-8,27-28H,1-4,9H2,(H,22,23)(H,29,30)/q-1. The van der Waals surface area contributed by atoms with Crippen molar-refractivity contribution in [1.29, 1.82) is 0 Å². The van der Waals surface area contributed by atoms with E-state index < -0.39 is 33.4 Å². The normalized spacial score (nSPS) is 14.3. The Balaban J connectivity index is 2.01. The van der Waals surface area contributed by atoms with Gasteiger partial charge in [-0.25, -0.2) is 0 Å². The fourth-order valence-electron chi connectivity index (χ4n) is 3.09. The first-order chi connectivity index (χ1) is 15.0. The molecule has 4 N–H and O–H groups in total. The topological polar surface area (TPSA) is 141 Å². The van der Waals surface area contributed by atoms with E-state index in [9.17, 15) is 24.5 Å². The molecule has 4 rings (SSSR count). The number of benzene rings is 1. The molecule has 0 spiro atoms. The maximum atomic E-state index is 14.0. The van der Waals surface area contributed by atoms with Crippen molar-refractivity contribution in [2.45, 2.75) is 0 Å². The van der Waals surface area contributed by atoms with Gasteiger partial charge in [0.05, 0.1) is 0 Å². The summed E-state index contributed by atoms with van der Waals surface area (Å²) in [5, 5.41) is 31.6. The SMILES string of the molecule is O=C(O)c1cc(NCCO)c2nc(N3CCO[I-]C3)nc(-c3cc(O)cc(F)c3)c2n1. The molecular weight excluding hydrogens is 524 g/mol. The van der Waals surface area contributed by atoms with Gasteiger partial charge in [0.2, 0.25) is 0 Å². The minimum atomic E-state index is -1.26. The number of hydrogen-bond acceptors (Lipinski definition) is 9. The van der Waals surface area contributed by atoms with Crippen LogP contribution in [0.5, 0.6) is 5.75 Å². The summed E-state index contributed by atoms with van der Waals surface area (Å²) < 4.78 is 20.2. The quantitative estimate of drug-likeness (QED) is 0.164. The third-order valence-electron chi connectivity index (χ3n) is 4.43. The first-order valence-corrected chi connectivity index (χ1v) is 11.6. The molecule has 31 heavy (non-hydrogen) atoms. The van der Waals surface area contributed by atoms with Crippen molar-refractivity contribution >= 4 is 28.6 Å². The summed E-state index contributed by atoms with van der Waals surface area (Å²) in [5.41, 5.74) is 0.976. The second-order valence-electron chi connectivity index (χ2n) is 6.58. The molecular formula is C19H18FIN5O5-. The summed E-state index contributed by atoms with van der Waals surface area (Å²) in [6.07, 6.45) is 0. The molecule has 3 aromatic rings. The van der Waals surface area contributed by atoms with Crippen molar-refractivity contribution < 1.29 is 49.2 Å². The summed E-state index contributed by atoms with van der Waals surface area (Å²) in [5.74, 6) is -1.86. The van der Waals surface area contributed by atoms with Gasteiger partial charge in [-0.1, -0.05) is 0 Å². The number of phenolic OH excluding ortho intramolecular Hbond substituents is 1. The van der Waals surface area contributed by atoms with Gasteiger partial charge in [0.25, 0.3) is 0 Å². The zero-order chi connectivity index (χ0) is 22.0. The van der Waals surface area contributed by atoms with Crippen molar-refractivity contribution in [1.82, 2.24) is 15.0 Å². The Morgan fingerprint density at radius 1 is 1.23 bits per heavy atom. The number of pyridine rings is 1. The van der Waals surface area contributed by atoms with Gasteiger partial charge in [-0.05, 0) is 0 Å². The molecule has 2 aromatic heterocycles. The molecule has 164 valence electrons. The Hall–Kier alpha value is -2.84. The van der Waals surface area contributed by atoms with Crippen LogP contribution in [0, 0.1) is 5.82 Å². The molecule has 0 atom stereocenters. The monoisotopic (exact) mass is 542 g/mol. The van der Waals surface area contributed by atoms with Crippen LogP contribution in [-0.2, 0) is 3.07 Å². The van der Waals surface area contributed by atoms with Crippen LogP contribution in [0.25, 0.3) is 22.3 Å². The molecule has 10 nitrogen and oxygen atoms in total. The van der Waals surface area contributed by atoms with Gasteiger partial charge < -0.3 is 0 Å². The number of aliphatic hydroxyl groups is 1. The van der Waals surface area contributed by atoms with Gasteiger partial charge >= 0.3 is 187 Å². The second-order valence-corrected chi connectivity index (χ2v) is 8.51. The summed E-state index contributed by atoms with van der Waals surface area (Å²) in [7, 11) is 0. The molecule has 1 aromatic carbocycles. The number of phenols is 1. The number of aromatic hydroxyl groups is 1. The summed E-state index contributed by atoms with van der Waals surface area (Å²) >= 11 is -0.499. The van der Waals surface area contributed by atoms with Crippen LogP contribution in [0.15, 0.2) is 24.3 Å². The van der Waals surface area contributed by atoms with Gasteiger partial charge in [0.1, 0.15) is 0 Å². The number of carbonyl (C=O) groups is 1. The third-order valence-corrected chi connectivity index (χ3v) is 6.42. The Morgan fingerprint density at radius 2 is 2.06 bits per heavy atom. The second kappa shape index (κ2) is 9.11. The van der Waals surface area contributed by atoms with Crippen molar-refractivity contribution in [3.63, 3.8) is 0 Å². The number of nitrogens with zero attached hydrogens (tertiary/aromatic N) is 4. The molecule has 12 heteroatoms. The number of hydrogen-bond donors (Lipinski definition) is 4. The molecule has 3 heterocycles. The Labute approximate surface area is 186 Å². The van der Waals surface area contributed by atoms with Crippen molar-refractivity contribution in [2.75, 3.05) is 41.1 Å². The number of aromatic carboxylic acids is 1. The van der Waals surface area contributed by atoms with Gasteiger partial charge in [0.15, 0.2) is 0 Å². The van der Waals surface area contributed by atoms with Crippen molar-refractivity contribution in [3.8, 4) is 17.0 Å². The number of fused-ring (bicyclic) bond motifs is 1. The van der Waals surface area contributed by atoms with Crippen LogP contribution in [0.2, 0.25) is 0 Å². The van der Waals surface area contributed by atoms with E-state index in [-0.39, 0.29) is 41.4 Å². The number of anilines is 2. The zero-order valence-corrected chi connectivity index (χ0v) is 18.2. The van der Waals surface area contributed by atoms with Crippen molar-refractivity contribution in [2.24, 2.45) is 0 Å². The zero-order valence-electron chi connectivity index (χ0n) is 16.0. The number of nitrogens with one attached hydrogen (secondary N) is 1. The number of carboxylic acids is 1. The summed E-state index contributed by atoms with van der Waals surface area (Å²) in [4.78, 5) is 27.0. The average molecular weight is 542 g/mol. The van der Waals surface area contributed by atoms with Gasteiger partial charge in [0, 0.05) is 0 Å². The first-order valence-electron chi connectivity index (χ1n) is 9.23. The summed E-state index contributed by atoms with van der Waals surface area (Å²) in [6, 6.07) is 4.81. The molecule has 1 fully saturated rings. The van der Waals surface area contributed by atoms with Crippen molar-refractivity contribution in [3.05, 3.63) is 35.8 Å². The Bertz CT molecular complexity index is 1120. The van der Waals surface area contributed by atoms with Gasteiger partial charge in [-0.3, -0.25) is 0 Å². The molecule has 0 amide bonds. The number of carboxylic acid groups (broad SMARTS) is 1. The summed E-state index contributed by atoms with van der Waals surface area (Å²) in [6.45, 7) is 1.09. The molecule has 1 saturated heterocycles. The van der Waals surface area contributed by atoms with Crippen LogP contribution < -0.4 is 31.8 Å². The van der Waals surface area contributed by atoms with Crippen LogP contribution in [0.1, 0.15) is 10.5 Å². The first kappa shape index (κ1) is 21.4. The van der Waals surface area contributed by atoms with Gasteiger partial charge in [-0.2, -0.15) is 0 Å². The molecule has 0 radical (unpaired) electrons. The third kappa shape index (κ3) is 4.60. The number of rotatable bonds is 6. The van der Waals surface area contributed by atoms with E-state index in [0.29, 0.717) is 34.9 Å². The molecule has 1 aliphatic heterocycles. The number of alkyl halides is 1. The molecule has 1 aliphatic rings. The predicted octanol–water partition coefficient (Wildman–Crippen LogP) is -1.56. The fourth-order valence-corrected chi connectivity index (χ4v) is 4.78. The molecule has 0 unspecified atom stereocenters. The van der Waals surface area contributed by atoms with E-state index in [0.717, 1.165) is 6.07 Å². The van der Waals surface area contributed by atoms with Crippen LogP contribution in [0.3, 0.4) is 0 Å². The van der Waals surface area contributed by atoms with E-state index in [1.165, 1.54) is 18.2 Å². The minimum absolute atomic E-state index is 0.136. The number of halogens is 2. The number of aliphatic hydroxyl groups excluding tert-OH is 1. The predicted molar refractivity (Wildman–Crippen MR) is 105 cm³/mol.